The number of nitrogens with zero attached hydrogens (tertiary/aromatic N) is 1. The van der Waals surface area contributed by atoms with Gasteiger partial charge in [-0.05, 0) is 37.1 Å². The lowest BCUT2D eigenvalue weighted by molar-refractivity contribution is -0.122. The van der Waals surface area contributed by atoms with Crippen LogP contribution < -0.4 is 11.1 Å². The number of nitrogens with one attached hydrogen (secondary N) is 1. The molecule has 0 bridgehead atoms. The Balaban J connectivity index is 2.70. The van der Waals surface area contributed by atoms with Gasteiger partial charge in [-0.15, -0.1) is 0 Å². The number of hydrogen-bond donors (Lipinski definition) is 2. The highest BCUT2D eigenvalue weighted by Gasteiger charge is 2.20. The summed E-state index contributed by atoms with van der Waals surface area (Å²) >= 11 is 0. The van der Waals surface area contributed by atoms with E-state index < -0.39 is 0 Å². The molecule has 1 heterocycles. The summed E-state index contributed by atoms with van der Waals surface area (Å²) in [4.78, 5) is 3.99. The molecule has 0 saturated carbocycles. The maximum Gasteiger partial charge on any atom is 0.172 e. The van der Waals surface area contributed by atoms with Gasteiger partial charge in [-0.1, -0.05) is 6.92 Å². The summed E-state index contributed by atoms with van der Waals surface area (Å²) in [6.45, 7) is 3.05. The van der Waals surface area contributed by atoms with Gasteiger partial charge < -0.3 is 20.5 Å². The summed E-state index contributed by atoms with van der Waals surface area (Å²) in [5, 5.41) is 3.43. The summed E-state index contributed by atoms with van der Waals surface area (Å²) in [5.41, 5.74) is 6.80. The fraction of sp³-hybridized carbons (Fsp3) is 0.615. The van der Waals surface area contributed by atoms with Crippen molar-refractivity contribution in [1.29, 1.82) is 0 Å². The molecule has 0 aliphatic carbocycles. The lowest BCUT2D eigenvalue weighted by atomic mass is 10.1. The Morgan fingerprint density at radius 3 is 2.67 bits per heavy atom. The number of methoxy groups -OCH3 is 2. The van der Waals surface area contributed by atoms with Gasteiger partial charge in [-0.2, -0.15) is 0 Å². The molecule has 0 radical (unpaired) electrons. The van der Waals surface area contributed by atoms with Gasteiger partial charge >= 0.3 is 0 Å². The van der Waals surface area contributed by atoms with E-state index in [9.17, 15) is 0 Å². The highest BCUT2D eigenvalue weighted by molar-refractivity contribution is 5.32. The van der Waals surface area contributed by atoms with Crippen LogP contribution in [0.25, 0.3) is 0 Å². The second kappa shape index (κ2) is 8.02. The molecular weight excluding hydrogens is 230 g/mol. The van der Waals surface area contributed by atoms with E-state index in [1.54, 1.807) is 20.4 Å². The molecule has 102 valence electrons. The quantitative estimate of drug-likeness (QED) is 0.681. The van der Waals surface area contributed by atoms with Gasteiger partial charge in [0.2, 0.25) is 0 Å². The molecule has 5 heteroatoms. The van der Waals surface area contributed by atoms with Crippen molar-refractivity contribution in [3.05, 3.63) is 23.9 Å². The molecule has 0 saturated heterocycles. The molecule has 0 spiro atoms. The van der Waals surface area contributed by atoms with Crippen LogP contribution in [0, 0.1) is 0 Å². The van der Waals surface area contributed by atoms with Crippen LogP contribution in [-0.4, -0.2) is 38.1 Å². The standard InChI is InChI=1S/C13H23N3O2/c1-4-6-15-11(13(17-2)18-3)8-10-5-7-16-12(14)9-10/h5,7,9,11,13,15H,4,6,8H2,1-3H3,(H2,14,16). The minimum absolute atomic E-state index is 0.0988. The third-order valence-electron chi connectivity index (χ3n) is 2.75. The van der Waals surface area contributed by atoms with E-state index in [2.05, 4.69) is 17.2 Å². The molecule has 5 nitrogen and oxygen atoms in total. The van der Waals surface area contributed by atoms with Gasteiger partial charge in [0, 0.05) is 20.4 Å². The Morgan fingerprint density at radius 2 is 2.11 bits per heavy atom. The molecule has 0 amide bonds. The van der Waals surface area contributed by atoms with Crippen LogP contribution in [0.5, 0.6) is 0 Å². The van der Waals surface area contributed by atoms with E-state index in [4.69, 9.17) is 15.2 Å². The minimum atomic E-state index is -0.272. The first-order valence-electron chi connectivity index (χ1n) is 6.20. The average molecular weight is 253 g/mol. The van der Waals surface area contributed by atoms with Gasteiger partial charge in [-0.3, -0.25) is 0 Å². The van der Waals surface area contributed by atoms with Gasteiger partial charge in [0.05, 0.1) is 6.04 Å². The number of rotatable bonds is 8. The summed E-state index contributed by atoms with van der Waals surface area (Å²) < 4.78 is 10.7. The van der Waals surface area contributed by atoms with Gasteiger partial charge in [0.25, 0.3) is 0 Å². The first kappa shape index (κ1) is 14.9. The first-order chi connectivity index (χ1) is 8.71. The zero-order chi connectivity index (χ0) is 13.4. The van der Waals surface area contributed by atoms with E-state index >= 15 is 0 Å². The highest BCUT2D eigenvalue weighted by Crippen LogP contribution is 2.10. The predicted octanol–water partition coefficient (Wildman–Crippen LogP) is 1.19. The fourth-order valence-electron chi connectivity index (χ4n) is 1.89. The number of aromatic nitrogens is 1. The van der Waals surface area contributed by atoms with Crippen molar-refractivity contribution in [3.8, 4) is 0 Å². The summed E-state index contributed by atoms with van der Waals surface area (Å²) in [6.07, 6.45) is 3.30. The van der Waals surface area contributed by atoms with Crippen molar-refractivity contribution in [2.24, 2.45) is 0 Å². The molecule has 0 aliphatic heterocycles. The van der Waals surface area contributed by atoms with Crippen LogP contribution in [0.1, 0.15) is 18.9 Å². The Kier molecular flexibility index (Phi) is 6.64. The van der Waals surface area contributed by atoms with E-state index in [-0.39, 0.29) is 12.3 Å². The molecule has 1 rings (SSSR count). The number of hydrogen-bond acceptors (Lipinski definition) is 5. The molecule has 1 aromatic rings. The normalized spacial score (nSPS) is 12.9. The molecule has 18 heavy (non-hydrogen) atoms. The second-order valence-corrected chi connectivity index (χ2v) is 4.19. The van der Waals surface area contributed by atoms with E-state index in [1.165, 1.54) is 0 Å². The van der Waals surface area contributed by atoms with Crippen molar-refractivity contribution in [2.75, 3.05) is 26.5 Å². The van der Waals surface area contributed by atoms with Crippen LogP contribution in [0.3, 0.4) is 0 Å². The number of nitrogen functional groups attached to an aromatic ring is 1. The fourth-order valence-corrected chi connectivity index (χ4v) is 1.89. The Labute approximate surface area is 109 Å². The Bertz CT molecular complexity index is 343. The molecule has 1 atom stereocenters. The summed E-state index contributed by atoms with van der Waals surface area (Å²) in [7, 11) is 3.30. The van der Waals surface area contributed by atoms with Crippen LogP contribution >= 0.6 is 0 Å². The summed E-state index contributed by atoms with van der Waals surface area (Å²) in [5.74, 6) is 0.535. The second-order valence-electron chi connectivity index (χ2n) is 4.19. The summed E-state index contributed by atoms with van der Waals surface area (Å²) in [6, 6.07) is 3.93. The molecule has 1 aromatic heterocycles. The third kappa shape index (κ3) is 4.60. The third-order valence-corrected chi connectivity index (χ3v) is 2.75. The number of anilines is 1. The molecular formula is C13H23N3O2. The van der Waals surface area contributed by atoms with Crippen molar-refractivity contribution >= 4 is 5.82 Å². The topological polar surface area (TPSA) is 69.4 Å². The van der Waals surface area contributed by atoms with E-state index in [1.807, 2.05) is 12.1 Å². The average Bonchev–Trinajstić information content (AvgIpc) is 2.37. The first-order valence-corrected chi connectivity index (χ1v) is 6.20. The number of pyridine rings is 1. The molecule has 0 aliphatic rings. The zero-order valence-electron chi connectivity index (χ0n) is 11.3. The van der Waals surface area contributed by atoms with Crippen LogP contribution in [0.4, 0.5) is 5.82 Å². The minimum Gasteiger partial charge on any atom is -0.384 e. The Morgan fingerprint density at radius 1 is 1.39 bits per heavy atom. The van der Waals surface area contributed by atoms with Crippen LogP contribution in [0.15, 0.2) is 18.3 Å². The van der Waals surface area contributed by atoms with Gasteiger partial charge in [-0.25, -0.2) is 4.98 Å². The predicted molar refractivity (Wildman–Crippen MR) is 72.2 cm³/mol. The van der Waals surface area contributed by atoms with Crippen LogP contribution in [0.2, 0.25) is 0 Å². The van der Waals surface area contributed by atoms with Gasteiger partial charge in [0.1, 0.15) is 5.82 Å². The van der Waals surface area contributed by atoms with Crippen molar-refractivity contribution in [3.63, 3.8) is 0 Å². The zero-order valence-corrected chi connectivity index (χ0v) is 11.3. The largest absolute Gasteiger partial charge is 0.384 e. The van der Waals surface area contributed by atoms with Crippen molar-refractivity contribution < 1.29 is 9.47 Å². The Hall–Kier alpha value is -1.17. The molecule has 0 fully saturated rings. The van der Waals surface area contributed by atoms with Crippen molar-refractivity contribution in [1.82, 2.24) is 10.3 Å². The molecule has 1 unspecified atom stereocenters. The lowest BCUT2D eigenvalue weighted by Crippen LogP contribution is -2.44. The van der Waals surface area contributed by atoms with E-state index in [0.29, 0.717) is 5.82 Å². The molecule has 0 aromatic carbocycles. The van der Waals surface area contributed by atoms with E-state index in [0.717, 1.165) is 24.9 Å². The monoisotopic (exact) mass is 253 g/mol. The van der Waals surface area contributed by atoms with Crippen LogP contribution in [-0.2, 0) is 15.9 Å². The molecule has 3 N–H and O–H groups in total. The highest BCUT2D eigenvalue weighted by atomic mass is 16.7. The number of ether oxygens (including phenoxy) is 2. The SMILES string of the molecule is CCCNC(Cc1ccnc(N)c1)C(OC)OC. The van der Waals surface area contributed by atoms with Crippen molar-refractivity contribution in [2.45, 2.75) is 32.1 Å². The smallest absolute Gasteiger partial charge is 0.172 e. The number of nitrogens with two attached hydrogens (primary N) is 1. The maximum atomic E-state index is 5.68. The van der Waals surface area contributed by atoms with Gasteiger partial charge in [0.15, 0.2) is 6.29 Å². The lowest BCUT2D eigenvalue weighted by Gasteiger charge is -2.26. The maximum absolute atomic E-state index is 5.68.